The van der Waals surface area contributed by atoms with Gasteiger partial charge in [-0.05, 0) is 19.3 Å². The number of piperazine rings is 1. The third-order valence-electron chi connectivity index (χ3n) is 3.48. The highest BCUT2D eigenvalue weighted by Gasteiger charge is 2.22. The van der Waals surface area contributed by atoms with E-state index in [1.54, 1.807) is 0 Å². The summed E-state index contributed by atoms with van der Waals surface area (Å²) in [7, 11) is 0. The monoisotopic (exact) mass is 254 g/mol. The van der Waals surface area contributed by atoms with Gasteiger partial charge in [-0.3, -0.25) is 9.59 Å². The fourth-order valence-electron chi connectivity index (χ4n) is 2.38. The Bertz CT molecular complexity index is 266. The van der Waals surface area contributed by atoms with Crippen LogP contribution in [0.3, 0.4) is 0 Å². The van der Waals surface area contributed by atoms with Crippen molar-refractivity contribution in [3.63, 3.8) is 0 Å². The van der Waals surface area contributed by atoms with Crippen LogP contribution in [-0.2, 0) is 9.59 Å². The number of carbonyl (C=O) groups is 2. The predicted octanol–water partition coefficient (Wildman–Crippen LogP) is -1.32. The molecule has 2 rings (SSSR count). The van der Waals surface area contributed by atoms with Crippen molar-refractivity contribution >= 4 is 11.8 Å². The maximum Gasteiger partial charge on any atom is 0.241 e. The van der Waals surface area contributed by atoms with E-state index >= 15 is 0 Å². The van der Waals surface area contributed by atoms with Gasteiger partial charge in [-0.25, -0.2) is 0 Å². The van der Waals surface area contributed by atoms with Crippen molar-refractivity contribution < 1.29 is 9.59 Å². The summed E-state index contributed by atoms with van der Waals surface area (Å²) in [6.45, 7) is 4.09. The van der Waals surface area contributed by atoms with Crippen molar-refractivity contribution in [1.82, 2.24) is 20.9 Å². The molecule has 2 amide bonds. The summed E-state index contributed by atoms with van der Waals surface area (Å²) in [4.78, 5) is 25.5. The van der Waals surface area contributed by atoms with Crippen LogP contribution < -0.4 is 16.0 Å². The normalized spacial score (nSPS) is 24.7. The summed E-state index contributed by atoms with van der Waals surface area (Å²) >= 11 is 0. The van der Waals surface area contributed by atoms with Gasteiger partial charge in [-0.1, -0.05) is 0 Å². The molecular formula is C12H22N4O2. The van der Waals surface area contributed by atoms with Crippen LogP contribution in [0.5, 0.6) is 0 Å². The van der Waals surface area contributed by atoms with E-state index < -0.39 is 0 Å². The Labute approximate surface area is 107 Å². The fraction of sp³-hybridized carbons (Fsp3) is 0.833. The molecule has 0 spiro atoms. The van der Waals surface area contributed by atoms with E-state index in [0.717, 1.165) is 39.0 Å². The summed E-state index contributed by atoms with van der Waals surface area (Å²) in [5.74, 6) is -0.0561. The molecule has 1 unspecified atom stereocenters. The van der Waals surface area contributed by atoms with E-state index in [2.05, 4.69) is 16.0 Å². The summed E-state index contributed by atoms with van der Waals surface area (Å²) in [5.41, 5.74) is 0. The third-order valence-corrected chi connectivity index (χ3v) is 3.48. The number of likely N-dealkylation sites (tertiary alicyclic amines) is 1. The first-order valence-corrected chi connectivity index (χ1v) is 6.77. The zero-order valence-electron chi connectivity index (χ0n) is 10.7. The lowest BCUT2D eigenvalue weighted by atomic mass is 10.1. The lowest BCUT2D eigenvalue weighted by Crippen LogP contribution is -2.56. The molecular weight excluding hydrogens is 232 g/mol. The van der Waals surface area contributed by atoms with Gasteiger partial charge in [0.15, 0.2) is 0 Å². The highest BCUT2D eigenvalue weighted by atomic mass is 16.2. The summed E-state index contributed by atoms with van der Waals surface area (Å²) < 4.78 is 0. The number of hydrogen-bond donors (Lipinski definition) is 3. The van der Waals surface area contributed by atoms with Crippen molar-refractivity contribution in [2.24, 2.45) is 0 Å². The molecule has 102 valence electrons. The molecule has 6 nitrogen and oxygen atoms in total. The Morgan fingerprint density at radius 2 is 1.94 bits per heavy atom. The Morgan fingerprint density at radius 1 is 1.17 bits per heavy atom. The highest BCUT2D eigenvalue weighted by molar-refractivity contribution is 5.87. The number of nitrogens with one attached hydrogen (secondary N) is 3. The number of rotatable bonds is 3. The molecule has 0 radical (unpaired) electrons. The van der Waals surface area contributed by atoms with Crippen LogP contribution >= 0.6 is 0 Å². The van der Waals surface area contributed by atoms with Crippen molar-refractivity contribution in [1.29, 1.82) is 0 Å². The van der Waals surface area contributed by atoms with E-state index in [0.29, 0.717) is 6.54 Å². The van der Waals surface area contributed by atoms with Gasteiger partial charge in [0.25, 0.3) is 0 Å². The number of hydrogen-bond acceptors (Lipinski definition) is 4. The Hall–Kier alpha value is -1.14. The van der Waals surface area contributed by atoms with Crippen molar-refractivity contribution in [3.05, 3.63) is 0 Å². The van der Waals surface area contributed by atoms with Crippen LogP contribution in [-0.4, -0.2) is 62.0 Å². The molecule has 2 aliphatic rings. The first kappa shape index (κ1) is 13.3. The van der Waals surface area contributed by atoms with Crippen LogP contribution in [0.1, 0.15) is 19.3 Å². The van der Waals surface area contributed by atoms with Crippen LogP contribution in [0.15, 0.2) is 0 Å². The van der Waals surface area contributed by atoms with Crippen LogP contribution in [0, 0.1) is 0 Å². The van der Waals surface area contributed by atoms with Crippen molar-refractivity contribution in [2.45, 2.75) is 25.3 Å². The first-order valence-electron chi connectivity index (χ1n) is 6.77. The second kappa shape index (κ2) is 6.70. The lowest BCUT2D eigenvalue weighted by molar-refractivity contribution is -0.134. The lowest BCUT2D eigenvalue weighted by Gasteiger charge is -2.27. The van der Waals surface area contributed by atoms with Gasteiger partial charge in [0, 0.05) is 32.7 Å². The number of carbonyl (C=O) groups excluding carboxylic acids is 2. The van der Waals surface area contributed by atoms with Crippen molar-refractivity contribution in [3.8, 4) is 0 Å². The molecule has 18 heavy (non-hydrogen) atoms. The topological polar surface area (TPSA) is 73.5 Å². The molecule has 2 aliphatic heterocycles. The fourth-order valence-corrected chi connectivity index (χ4v) is 2.38. The average molecular weight is 254 g/mol. The van der Waals surface area contributed by atoms with Gasteiger partial charge in [-0.2, -0.15) is 0 Å². The molecule has 2 fully saturated rings. The maximum absolute atomic E-state index is 11.9. The molecule has 1 atom stereocenters. The third kappa shape index (κ3) is 3.68. The van der Waals surface area contributed by atoms with Gasteiger partial charge in [0.2, 0.25) is 11.8 Å². The quantitative estimate of drug-likeness (QED) is 0.584. The number of amides is 2. The Balaban J connectivity index is 1.69. The smallest absolute Gasteiger partial charge is 0.241 e. The van der Waals surface area contributed by atoms with Gasteiger partial charge < -0.3 is 20.9 Å². The zero-order valence-corrected chi connectivity index (χ0v) is 10.7. The average Bonchev–Trinajstić information content (AvgIpc) is 2.46. The van der Waals surface area contributed by atoms with E-state index in [1.165, 1.54) is 6.42 Å². The second-order valence-electron chi connectivity index (χ2n) is 4.87. The first-order chi connectivity index (χ1) is 8.77. The zero-order chi connectivity index (χ0) is 12.8. The Kier molecular flexibility index (Phi) is 4.95. The largest absolute Gasteiger partial charge is 0.346 e. The number of nitrogens with zero attached hydrogens (tertiary/aromatic N) is 1. The van der Waals surface area contributed by atoms with E-state index in [4.69, 9.17) is 0 Å². The highest BCUT2D eigenvalue weighted by Crippen LogP contribution is 2.08. The van der Waals surface area contributed by atoms with Gasteiger partial charge >= 0.3 is 0 Å². The molecule has 0 aromatic carbocycles. The molecule has 2 saturated heterocycles. The molecule has 3 N–H and O–H groups in total. The standard InChI is InChI=1S/C12H22N4O2/c17-11(16-6-2-1-3-7-16)9-15-12(18)10-8-13-4-5-14-10/h10,13-14H,1-9H2,(H,15,18). The molecule has 0 aliphatic carbocycles. The predicted molar refractivity (Wildman–Crippen MR) is 68.1 cm³/mol. The minimum Gasteiger partial charge on any atom is -0.346 e. The molecule has 6 heteroatoms. The number of piperidine rings is 1. The van der Waals surface area contributed by atoms with Gasteiger partial charge in [0.1, 0.15) is 0 Å². The SMILES string of the molecule is O=C(NCC(=O)N1CCCCC1)C1CNCCN1. The minimum atomic E-state index is -0.215. The van der Waals surface area contributed by atoms with E-state index in [9.17, 15) is 9.59 Å². The van der Waals surface area contributed by atoms with Crippen LogP contribution in [0.4, 0.5) is 0 Å². The maximum atomic E-state index is 11.9. The molecule has 0 saturated carbocycles. The van der Waals surface area contributed by atoms with Gasteiger partial charge in [-0.15, -0.1) is 0 Å². The molecule has 0 aromatic heterocycles. The second-order valence-corrected chi connectivity index (χ2v) is 4.87. The van der Waals surface area contributed by atoms with Crippen LogP contribution in [0.2, 0.25) is 0 Å². The van der Waals surface area contributed by atoms with E-state index in [1.807, 2.05) is 4.90 Å². The Morgan fingerprint density at radius 3 is 2.61 bits per heavy atom. The summed E-state index contributed by atoms with van der Waals surface area (Å²) in [6.07, 6.45) is 3.36. The molecule has 0 aromatic rings. The van der Waals surface area contributed by atoms with Gasteiger partial charge in [0.05, 0.1) is 12.6 Å². The van der Waals surface area contributed by atoms with Crippen molar-refractivity contribution in [2.75, 3.05) is 39.3 Å². The summed E-state index contributed by atoms with van der Waals surface area (Å²) in [6, 6.07) is -0.215. The minimum absolute atomic E-state index is 0.0341. The summed E-state index contributed by atoms with van der Waals surface area (Å²) in [5, 5.41) is 8.99. The molecule has 2 heterocycles. The van der Waals surface area contributed by atoms with E-state index in [-0.39, 0.29) is 24.4 Å². The molecule has 0 bridgehead atoms. The van der Waals surface area contributed by atoms with Crippen LogP contribution in [0.25, 0.3) is 0 Å².